The molecule has 1 aromatic heterocycles. The highest BCUT2D eigenvalue weighted by Crippen LogP contribution is 2.37. The van der Waals surface area contributed by atoms with E-state index in [1.54, 1.807) is 27.0 Å². The van der Waals surface area contributed by atoms with E-state index in [-0.39, 0.29) is 16.9 Å². The molecule has 0 amide bonds. The Hall–Kier alpha value is -3.41. The number of hydrogen-bond acceptors (Lipinski definition) is 10. The zero-order valence-electron chi connectivity index (χ0n) is 22.9. The lowest BCUT2D eigenvalue weighted by Gasteiger charge is -2.27. The zero-order chi connectivity index (χ0) is 28.3. The predicted octanol–water partition coefficient (Wildman–Crippen LogP) is 4.89. The number of anilines is 6. The first-order valence-corrected chi connectivity index (χ1v) is 13.2. The molecule has 0 saturated carbocycles. The summed E-state index contributed by atoms with van der Waals surface area (Å²) in [4.78, 5) is 17.4. The summed E-state index contributed by atoms with van der Waals surface area (Å²) in [7, 11) is 3.61. The molecule has 0 radical (unpaired) electrons. The normalized spacial score (nSPS) is 15.8. The van der Waals surface area contributed by atoms with Crippen molar-refractivity contribution in [2.45, 2.75) is 45.3 Å². The van der Waals surface area contributed by atoms with Crippen LogP contribution < -0.4 is 26.0 Å². The van der Waals surface area contributed by atoms with Crippen molar-refractivity contribution in [3.05, 3.63) is 47.0 Å². The van der Waals surface area contributed by atoms with E-state index in [2.05, 4.69) is 42.3 Å². The van der Waals surface area contributed by atoms with Crippen molar-refractivity contribution < 1.29 is 14.2 Å². The molecule has 210 valence electrons. The Labute approximate surface area is 233 Å². The van der Waals surface area contributed by atoms with Gasteiger partial charge in [0.2, 0.25) is 11.9 Å². The molecule has 3 aromatic rings. The van der Waals surface area contributed by atoms with Crippen LogP contribution in [0.1, 0.15) is 39.2 Å². The summed E-state index contributed by atoms with van der Waals surface area (Å²) in [6, 6.07) is 6.85. The fourth-order valence-corrected chi connectivity index (χ4v) is 4.88. The molecule has 0 aliphatic carbocycles. The van der Waals surface area contributed by atoms with Gasteiger partial charge in [-0.15, -0.1) is 0 Å². The van der Waals surface area contributed by atoms with Crippen LogP contribution in [0.5, 0.6) is 5.75 Å². The number of methoxy groups -OCH3 is 1. The highest BCUT2D eigenvalue weighted by Gasteiger charge is 2.24. The van der Waals surface area contributed by atoms with Gasteiger partial charge in [-0.05, 0) is 58.4 Å². The summed E-state index contributed by atoms with van der Waals surface area (Å²) < 4.78 is 19.7. The SMILES string of the molecule is COc1cc(N(C)CCN2CCC[C@@H]2C)c(N)cc1Nc1ncnc(Nc2cc(Cl)c(F)cc2C(C)(C)O)n1. The number of likely N-dealkylation sites (tertiary alicyclic amines) is 1. The number of aromatic nitrogens is 3. The Morgan fingerprint density at radius 1 is 1.21 bits per heavy atom. The van der Waals surface area contributed by atoms with E-state index in [1.165, 1.54) is 31.3 Å². The maximum atomic E-state index is 14.1. The molecule has 0 unspecified atom stereocenters. The van der Waals surface area contributed by atoms with Crippen molar-refractivity contribution in [3.8, 4) is 5.75 Å². The number of rotatable bonds is 10. The molecule has 1 atom stereocenters. The summed E-state index contributed by atoms with van der Waals surface area (Å²) >= 11 is 5.99. The minimum absolute atomic E-state index is 0.0990. The van der Waals surface area contributed by atoms with Gasteiger partial charge in [-0.25, -0.2) is 14.4 Å². The molecule has 1 aliphatic heterocycles. The van der Waals surface area contributed by atoms with Gasteiger partial charge in [-0.1, -0.05) is 11.6 Å². The van der Waals surface area contributed by atoms with Crippen LogP contribution in [0.4, 0.5) is 39.0 Å². The van der Waals surface area contributed by atoms with Gasteiger partial charge in [0, 0.05) is 43.5 Å². The second kappa shape index (κ2) is 11.8. The highest BCUT2D eigenvalue weighted by atomic mass is 35.5. The fourth-order valence-electron chi connectivity index (χ4n) is 4.72. The van der Waals surface area contributed by atoms with Crippen LogP contribution in [0.15, 0.2) is 30.6 Å². The number of nitrogen functional groups attached to an aromatic ring is 1. The Bertz CT molecular complexity index is 1320. The average Bonchev–Trinajstić information content (AvgIpc) is 3.29. The molecule has 12 heteroatoms. The van der Waals surface area contributed by atoms with Gasteiger partial charge >= 0.3 is 0 Å². The molecule has 1 fully saturated rings. The van der Waals surface area contributed by atoms with E-state index in [0.717, 1.165) is 25.3 Å². The first kappa shape index (κ1) is 28.6. The van der Waals surface area contributed by atoms with Crippen LogP contribution >= 0.6 is 11.6 Å². The number of nitrogens with one attached hydrogen (secondary N) is 2. The number of ether oxygens (including phenoxy) is 1. The monoisotopic (exact) mass is 558 g/mol. The number of nitrogens with two attached hydrogens (primary N) is 1. The molecule has 2 heterocycles. The van der Waals surface area contributed by atoms with Crippen molar-refractivity contribution in [2.24, 2.45) is 0 Å². The number of nitrogens with zero attached hydrogens (tertiary/aromatic N) is 5. The lowest BCUT2D eigenvalue weighted by Crippen LogP contribution is -2.35. The number of halogens is 2. The van der Waals surface area contributed by atoms with E-state index in [1.807, 2.05) is 13.1 Å². The molecule has 10 nitrogen and oxygen atoms in total. The predicted molar refractivity (Wildman–Crippen MR) is 154 cm³/mol. The third-order valence-corrected chi connectivity index (χ3v) is 7.25. The summed E-state index contributed by atoms with van der Waals surface area (Å²) in [6.45, 7) is 8.31. The maximum absolute atomic E-state index is 14.1. The molecular weight excluding hydrogens is 523 g/mol. The summed E-state index contributed by atoms with van der Waals surface area (Å²) in [5.74, 6) is 0.333. The molecule has 1 saturated heterocycles. The summed E-state index contributed by atoms with van der Waals surface area (Å²) in [5.41, 5.74) is 7.80. The van der Waals surface area contributed by atoms with Crippen LogP contribution in [0.3, 0.4) is 0 Å². The molecule has 2 aromatic carbocycles. The van der Waals surface area contributed by atoms with E-state index >= 15 is 0 Å². The first-order valence-electron chi connectivity index (χ1n) is 12.8. The van der Waals surface area contributed by atoms with E-state index in [9.17, 15) is 9.50 Å². The van der Waals surface area contributed by atoms with Gasteiger partial charge in [0.05, 0.1) is 34.8 Å². The van der Waals surface area contributed by atoms with Crippen LogP contribution in [0.2, 0.25) is 5.02 Å². The Kier molecular flexibility index (Phi) is 8.63. The molecule has 1 aliphatic rings. The molecule has 5 N–H and O–H groups in total. The van der Waals surface area contributed by atoms with Crippen LogP contribution in [0.25, 0.3) is 0 Å². The quantitative estimate of drug-likeness (QED) is 0.256. The van der Waals surface area contributed by atoms with Gasteiger partial charge in [0.15, 0.2) is 0 Å². The fraction of sp³-hybridized carbons (Fsp3) is 0.444. The van der Waals surface area contributed by atoms with Gasteiger partial charge in [-0.3, -0.25) is 4.90 Å². The van der Waals surface area contributed by atoms with Crippen molar-refractivity contribution in [1.82, 2.24) is 19.9 Å². The van der Waals surface area contributed by atoms with Crippen LogP contribution in [-0.4, -0.2) is 64.8 Å². The third-order valence-electron chi connectivity index (χ3n) is 6.96. The van der Waals surface area contributed by atoms with Gasteiger partial charge in [0.25, 0.3) is 0 Å². The molecule has 0 bridgehead atoms. The van der Waals surface area contributed by atoms with Crippen molar-refractivity contribution in [1.29, 1.82) is 0 Å². The number of likely N-dealkylation sites (N-methyl/N-ethyl adjacent to an activating group) is 1. The second-order valence-electron chi connectivity index (χ2n) is 10.3. The van der Waals surface area contributed by atoms with Crippen molar-refractivity contribution in [2.75, 3.05) is 55.1 Å². The molecule has 39 heavy (non-hydrogen) atoms. The molecule has 4 rings (SSSR count). The van der Waals surface area contributed by atoms with Crippen molar-refractivity contribution >= 4 is 46.2 Å². The maximum Gasteiger partial charge on any atom is 0.232 e. The van der Waals surface area contributed by atoms with Crippen LogP contribution in [-0.2, 0) is 5.60 Å². The van der Waals surface area contributed by atoms with Crippen LogP contribution in [0, 0.1) is 5.82 Å². The molecular formula is C27H36ClFN8O2. The molecule has 0 spiro atoms. The largest absolute Gasteiger partial charge is 0.494 e. The Morgan fingerprint density at radius 3 is 2.51 bits per heavy atom. The van der Waals surface area contributed by atoms with E-state index < -0.39 is 11.4 Å². The summed E-state index contributed by atoms with van der Waals surface area (Å²) in [5, 5.41) is 16.5. The second-order valence-corrected chi connectivity index (χ2v) is 10.7. The smallest absolute Gasteiger partial charge is 0.232 e. The van der Waals surface area contributed by atoms with Crippen molar-refractivity contribution in [3.63, 3.8) is 0 Å². The topological polar surface area (TPSA) is 125 Å². The standard InChI is InChI=1S/C27H36ClFN8O2/c1-16-7-6-8-37(16)10-9-36(4)23-14-24(39-5)22(13-20(23)30)34-26-32-15-31-25(35-26)33-21-12-18(28)19(29)11-17(21)27(2,3)38/h11-16,38H,6-10,30H2,1-5H3,(H2,31,32,33,34,35)/t16-/m0/s1. The van der Waals surface area contributed by atoms with Gasteiger partial charge < -0.3 is 31.1 Å². The van der Waals surface area contributed by atoms with E-state index in [4.69, 9.17) is 22.1 Å². The number of aliphatic hydroxyl groups is 1. The Morgan fingerprint density at radius 2 is 1.90 bits per heavy atom. The average molecular weight is 559 g/mol. The number of benzene rings is 2. The Balaban J connectivity index is 1.52. The zero-order valence-corrected chi connectivity index (χ0v) is 23.7. The highest BCUT2D eigenvalue weighted by molar-refractivity contribution is 6.31. The lowest BCUT2D eigenvalue weighted by atomic mass is 9.96. The minimum Gasteiger partial charge on any atom is -0.494 e. The van der Waals surface area contributed by atoms with Gasteiger partial charge in [0.1, 0.15) is 17.9 Å². The van der Waals surface area contributed by atoms with E-state index in [0.29, 0.717) is 34.4 Å². The number of hydrogen-bond donors (Lipinski definition) is 4. The first-order chi connectivity index (χ1) is 18.5. The summed E-state index contributed by atoms with van der Waals surface area (Å²) in [6.07, 6.45) is 3.81. The third kappa shape index (κ3) is 6.78. The lowest BCUT2D eigenvalue weighted by molar-refractivity contribution is 0.0790. The minimum atomic E-state index is -1.34. The van der Waals surface area contributed by atoms with Gasteiger partial charge in [-0.2, -0.15) is 4.98 Å².